The summed E-state index contributed by atoms with van der Waals surface area (Å²) in [6, 6.07) is 7.33. The van der Waals surface area contributed by atoms with Crippen molar-refractivity contribution in [3.8, 4) is 0 Å². The molecule has 0 spiro atoms. The second-order valence-electron chi connectivity index (χ2n) is 5.02. The molecule has 0 aliphatic carbocycles. The van der Waals surface area contributed by atoms with Gasteiger partial charge in [-0.25, -0.2) is 4.79 Å². The van der Waals surface area contributed by atoms with E-state index in [0.717, 1.165) is 12.0 Å². The maximum Gasteiger partial charge on any atom is 0.317 e. The van der Waals surface area contributed by atoms with Crippen molar-refractivity contribution in [2.45, 2.75) is 38.8 Å². The zero-order valence-electron chi connectivity index (χ0n) is 12.3. The predicted octanol–water partition coefficient (Wildman–Crippen LogP) is 3.20. The van der Waals surface area contributed by atoms with Crippen LogP contribution in [0.25, 0.3) is 0 Å². The number of nitrogens with zero attached hydrogens (tertiary/aromatic N) is 1. The summed E-state index contributed by atoms with van der Waals surface area (Å²) in [5.41, 5.74) is 1.04. The van der Waals surface area contributed by atoms with E-state index in [2.05, 4.69) is 5.32 Å². The Labute approximate surface area is 125 Å². The number of benzene rings is 1. The van der Waals surface area contributed by atoms with Gasteiger partial charge in [0.1, 0.15) is 0 Å². The van der Waals surface area contributed by atoms with Gasteiger partial charge in [0.05, 0.1) is 12.1 Å². The summed E-state index contributed by atoms with van der Waals surface area (Å²) in [5.74, 6) is 0. The van der Waals surface area contributed by atoms with E-state index in [1.807, 2.05) is 31.2 Å². The van der Waals surface area contributed by atoms with Gasteiger partial charge < -0.3 is 15.3 Å². The molecule has 5 heteroatoms. The predicted molar refractivity (Wildman–Crippen MR) is 81.9 cm³/mol. The van der Waals surface area contributed by atoms with Crippen LogP contribution in [0.4, 0.5) is 4.79 Å². The molecule has 1 aromatic carbocycles. The van der Waals surface area contributed by atoms with E-state index in [1.165, 1.54) is 0 Å². The minimum Gasteiger partial charge on any atom is -0.393 e. The van der Waals surface area contributed by atoms with Crippen molar-refractivity contribution < 1.29 is 9.90 Å². The van der Waals surface area contributed by atoms with Crippen molar-refractivity contribution in [1.29, 1.82) is 0 Å². The molecule has 2 unspecified atom stereocenters. The first-order valence-corrected chi connectivity index (χ1v) is 7.27. The van der Waals surface area contributed by atoms with Crippen LogP contribution >= 0.6 is 11.6 Å². The highest BCUT2D eigenvalue weighted by Crippen LogP contribution is 2.19. The number of urea groups is 1. The smallest absolute Gasteiger partial charge is 0.317 e. The van der Waals surface area contributed by atoms with Crippen molar-refractivity contribution in [3.63, 3.8) is 0 Å². The van der Waals surface area contributed by atoms with Gasteiger partial charge in [-0.15, -0.1) is 0 Å². The SMILES string of the molecule is CCC(NC(=O)N(C)CCC(C)O)c1ccc(Cl)cc1. The second kappa shape index (κ2) is 8.12. The number of aliphatic hydroxyl groups excluding tert-OH is 1. The molecule has 2 N–H and O–H groups in total. The molecule has 0 aliphatic rings. The highest BCUT2D eigenvalue weighted by atomic mass is 35.5. The van der Waals surface area contributed by atoms with E-state index in [-0.39, 0.29) is 12.1 Å². The van der Waals surface area contributed by atoms with Crippen LogP contribution in [0, 0.1) is 0 Å². The zero-order chi connectivity index (χ0) is 15.1. The number of hydrogen-bond acceptors (Lipinski definition) is 2. The molecule has 0 saturated carbocycles. The van der Waals surface area contributed by atoms with Crippen LogP contribution in [0.3, 0.4) is 0 Å². The van der Waals surface area contributed by atoms with Crippen LogP contribution in [0.15, 0.2) is 24.3 Å². The van der Waals surface area contributed by atoms with Crippen LogP contribution in [-0.2, 0) is 0 Å². The first-order valence-electron chi connectivity index (χ1n) is 6.89. The van der Waals surface area contributed by atoms with Gasteiger partial charge in [-0.05, 0) is 37.5 Å². The molecule has 4 nitrogen and oxygen atoms in total. The van der Waals surface area contributed by atoms with E-state index in [0.29, 0.717) is 18.0 Å². The standard InChI is InChI=1S/C15H23ClN2O2/c1-4-14(12-5-7-13(16)8-6-12)17-15(20)18(3)10-9-11(2)19/h5-8,11,14,19H,4,9-10H2,1-3H3,(H,17,20). The number of carbonyl (C=O) groups is 1. The molecule has 0 aromatic heterocycles. The number of aliphatic hydroxyl groups is 1. The third-order valence-electron chi connectivity index (χ3n) is 3.21. The summed E-state index contributed by atoms with van der Waals surface area (Å²) < 4.78 is 0. The Kier molecular flexibility index (Phi) is 6.82. The molecule has 2 atom stereocenters. The third kappa shape index (κ3) is 5.39. The van der Waals surface area contributed by atoms with Crippen molar-refractivity contribution in [2.75, 3.05) is 13.6 Å². The summed E-state index contributed by atoms with van der Waals surface area (Å²) in [6.07, 6.45) is 0.975. The van der Waals surface area contributed by atoms with E-state index >= 15 is 0 Å². The van der Waals surface area contributed by atoms with Gasteiger partial charge in [0.15, 0.2) is 0 Å². The molecule has 0 radical (unpaired) electrons. The maximum absolute atomic E-state index is 12.1. The highest BCUT2D eigenvalue weighted by molar-refractivity contribution is 6.30. The van der Waals surface area contributed by atoms with E-state index in [4.69, 9.17) is 11.6 Å². The number of halogens is 1. The summed E-state index contributed by atoms with van der Waals surface area (Å²) in [6.45, 7) is 4.27. The van der Waals surface area contributed by atoms with Crippen molar-refractivity contribution in [3.05, 3.63) is 34.9 Å². The normalized spacial score (nSPS) is 13.7. The fourth-order valence-electron chi connectivity index (χ4n) is 1.86. The Balaban J connectivity index is 2.59. The number of carbonyl (C=O) groups excluding carboxylic acids is 1. The average molecular weight is 299 g/mol. The van der Waals surface area contributed by atoms with Gasteiger partial charge >= 0.3 is 6.03 Å². The Morgan fingerprint density at radius 2 is 2.00 bits per heavy atom. The fourth-order valence-corrected chi connectivity index (χ4v) is 1.98. The molecule has 0 heterocycles. The monoisotopic (exact) mass is 298 g/mol. The van der Waals surface area contributed by atoms with Crippen molar-refractivity contribution >= 4 is 17.6 Å². The zero-order valence-corrected chi connectivity index (χ0v) is 13.0. The largest absolute Gasteiger partial charge is 0.393 e. The van der Waals surface area contributed by atoms with Gasteiger partial charge in [-0.1, -0.05) is 30.7 Å². The molecule has 1 aromatic rings. The number of rotatable bonds is 6. The lowest BCUT2D eigenvalue weighted by atomic mass is 10.1. The average Bonchev–Trinajstić information content (AvgIpc) is 2.42. The first kappa shape index (κ1) is 16.8. The number of amides is 2. The fraction of sp³-hybridized carbons (Fsp3) is 0.533. The van der Waals surface area contributed by atoms with E-state index < -0.39 is 6.10 Å². The number of nitrogens with one attached hydrogen (secondary N) is 1. The Hall–Kier alpha value is -1.26. The van der Waals surface area contributed by atoms with Gasteiger partial charge in [0, 0.05) is 18.6 Å². The highest BCUT2D eigenvalue weighted by Gasteiger charge is 2.15. The van der Waals surface area contributed by atoms with Crippen molar-refractivity contribution in [2.24, 2.45) is 0 Å². The van der Waals surface area contributed by atoms with Gasteiger partial charge in [-0.3, -0.25) is 0 Å². The maximum atomic E-state index is 12.1. The minimum absolute atomic E-state index is 0.0335. The van der Waals surface area contributed by atoms with Crippen LogP contribution < -0.4 is 5.32 Å². The lowest BCUT2D eigenvalue weighted by Crippen LogP contribution is -2.40. The van der Waals surface area contributed by atoms with Gasteiger partial charge in [-0.2, -0.15) is 0 Å². The van der Waals surface area contributed by atoms with Crippen LogP contribution in [-0.4, -0.2) is 35.7 Å². The lowest BCUT2D eigenvalue weighted by Gasteiger charge is -2.23. The number of hydrogen-bond donors (Lipinski definition) is 2. The van der Waals surface area contributed by atoms with Crippen LogP contribution in [0.5, 0.6) is 0 Å². The van der Waals surface area contributed by atoms with Crippen LogP contribution in [0.1, 0.15) is 38.3 Å². The molecule has 0 bridgehead atoms. The summed E-state index contributed by atoms with van der Waals surface area (Å²) >= 11 is 5.87. The summed E-state index contributed by atoms with van der Waals surface area (Å²) in [4.78, 5) is 13.7. The molecule has 2 amide bonds. The minimum atomic E-state index is -0.400. The Morgan fingerprint density at radius 1 is 1.40 bits per heavy atom. The second-order valence-corrected chi connectivity index (χ2v) is 5.46. The molecule has 0 saturated heterocycles. The Morgan fingerprint density at radius 3 is 2.50 bits per heavy atom. The Bertz CT molecular complexity index is 420. The molecule has 20 heavy (non-hydrogen) atoms. The molecular formula is C15H23ClN2O2. The van der Waals surface area contributed by atoms with E-state index in [1.54, 1.807) is 18.9 Å². The summed E-state index contributed by atoms with van der Waals surface area (Å²) in [7, 11) is 1.73. The van der Waals surface area contributed by atoms with Gasteiger partial charge in [0.2, 0.25) is 0 Å². The van der Waals surface area contributed by atoms with Crippen molar-refractivity contribution in [1.82, 2.24) is 10.2 Å². The molecule has 1 rings (SSSR count). The van der Waals surface area contributed by atoms with E-state index in [9.17, 15) is 9.90 Å². The molecule has 0 aliphatic heterocycles. The lowest BCUT2D eigenvalue weighted by molar-refractivity contribution is 0.162. The third-order valence-corrected chi connectivity index (χ3v) is 3.46. The molecule has 112 valence electrons. The molecule has 0 fully saturated rings. The summed E-state index contributed by atoms with van der Waals surface area (Å²) in [5, 5.41) is 12.9. The van der Waals surface area contributed by atoms with Crippen LogP contribution in [0.2, 0.25) is 5.02 Å². The topological polar surface area (TPSA) is 52.6 Å². The van der Waals surface area contributed by atoms with Gasteiger partial charge in [0.25, 0.3) is 0 Å². The molecular weight excluding hydrogens is 276 g/mol. The quantitative estimate of drug-likeness (QED) is 0.847. The first-order chi connectivity index (χ1) is 9.43.